The SMILES string of the molecule is CCCOCCNC(=O)c1cccc2c1-c1ccc(CCC(=O)NCCOCC)cc1C2COC(=O)N(CC)CCNC(=O)c1c(C)[nH]c(/C=C2\C(=O)Nc3ccc(F)cc32)c1C. The Balaban J connectivity index is 1.12. The van der Waals surface area contributed by atoms with Gasteiger partial charge in [0.1, 0.15) is 12.4 Å². The standard InChI is InChI=1S/C48H57FN6O8/c1-6-22-62-24-20-52-45(57)35-11-9-10-33-39(36-25-31(12-15-34(36)44(33)35)13-17-42(56)50-19-23-61-8-3)28-63-48(60)55(7-2)21-18-51-47(59)43-29(4)41(53-30(43)5)27-38-37-26-32(49)14-16-40(37)54-46(38)58/h9-12,14-16,25-27,39,53H,6-8,13,17-24,28H2,1-5H3,(H,50,56)(H,51,59)(H,52,57)(H,54,58)/b38-27-. The summed E-state index contributed by atoms with van der Waals surface area (Å²) in [5, 5.41) is 11.5. The Morgan fingerprint density at radius 1 is 0.857 bits per heavy atom. The average Bonchev–Trinajstić information content (AvgIpc) is 3.87. The molecule has 0 radical (unpaired) electrons. The van der Waals surface area contributed by atoms with Gasteiger partial charge in [0.2, 0.25) is 5.91 Å². The van der Waals surface area contributed by atoms with Crippen molar-refractivity contribution in [2.75, 3.05) is 71.1 Å². The molecule has 1 aromatic heterocycles. The molecule has 1 aliphatic carbocycles. The van der Waals surface area contributed by atoms with Gasteiger partial charge in [-0.05, 0) is 104 Å². The lowest BCUT2D eigenvalue weighted by atomic mass is 9.95. The Morgan fingerprint density at radius 3 is 2.41 bits per heavy atom. The van der Waals surface area contributed by atoms with Crippen LogP contribution < -0.4 is 21.3 Å². The number of nitrogens with zero attached hydrogens (tertiary/aromatic N) is 1. The molecule has 15 heteroatoms. The van der Waals surface area contributed by atoms with Crippen LogP contribution in [0.4, 0.5) is 14.9 Å². The Kier molecular flexibility index (Phi) is 15.9. The topological polar surface area (TPSA) is 180 Å². The third-order valence-corrected chi connectivity index (χ3v) is 11.2. The van der Waals surface area contributed by atoms with Gasteiger partial charge in [-0.3, -0.25) is 19.2 Å². The van der Waals surface area contributed by atoms with Gasteiger partial charge < -0.3 is 45.4 Å². The summed E-state index contributed by atoms with van der Waals surface area (Å²) in [7, 11) is 0. The van der Waals surface area contributed by atoms with Crippen LogP contribution >= 0.6 is 0 Å². The zero-order chi connectivity index (χ0) is 45.0. The summed E-state index contributed by atoms with van der Waals surface area (Å²) >= 11 is 0. The molecule has 1 unspecified atom stereocenters. The van der Waals surface area contributed by atoms with Crippen LogP contribution in [0.5, 0.6) is 0 Å². The lowest BCUT2D eigenvalue weighted by Gasteiger charge is -2.22. The van der Waals surface area contributed by atoms with Crippen molar-refractivity contribution in [2.45, 2.75) is 59.8 Å². The van der Waals surface area contributed by atoms with E-state index < -0.39 is 11.9 Å². The minimum Gasteiger partial charge on any atom is -0.448 e. The smallest absolute Gasteiger partial charge is 0.409 e. The summed E-state index contributed by atoms with van der Waals surface area (Å²) < 4.78 is 30.9. The fourth-order valence-corrected chi connectivity index (χ4v) is 8.04. The molecule has 0 fully saturated rings. The Bertz CT molecular complexity index is 2370. The van der Waals surface area contributed by atoms with Gasteiger partial charge in [0.15, 0.2) is 0 Å². The molecule has 5 N–H and O–H groups in total. The fraction of sp³-hybridized carbons (Fsp3) is 0.396. The first-order chi connectivity index (χ1) is 30.4. The molecular weight excluding hydrogens is 808 g/mol. The second-order valence-electron chi connectivity index (χ2n) is 15.4. The Hall–Kier alpha value is -6.32. The van der Waals surface area contributed by atoms with E-state index in [9.17, 15) is 28.4 Å². The average molecular weight is 865 g/mol. The third kappa shape index (κ3) is 11.0. The number of ether oxygens (including phenoxy) is 3. The molecule has 4 aromatic rings. The monoisotopic (exact) mass is 864 g/mol. The van der Waals surface area contributed by atoms with Crippen molar-refractivity contribution in [1.29, 1.82) is 0 Å². The number of benzene rings is 3. The normalized spacial score (nSPS) is 14.2. The molecule has 63 heavy (non-hydrogen) atoms. The van der Waals surface area contributed by atoms with Gasteiger partial charge in [-0.2, -0.15) is 0 Å². The van der Waals surface area contributed by atoms with Crippen molar-refractivity contribution in [3.8, 4) is 11.1 Å². The first-order valence-corrected chi connectivity index (χ1v) is 21.6. The minimum atomic E-state index is -0.558. The first kappa shape index (κ1) is 46.2. The maximum Gasteiger partial charge on any atom is 0.409 e. The molecule has 2 aliphatic rings. The largest absolute Gasteiger partial charge is 0.448 e. The van der Waals surface area contributed by atoms with E-state index in [1.807, 2.05) is 51.1 Å². The van der Waals surface area contributed by atoms with E-state index in [-0.39, 0.29) is 61.2 Å². The molecule has 6 rings (SSSR count). The van der Waals surface area contributed by atoms with E-state index in [2.05, 4.69) is 26.3 Å². The van der Waals surface area contributed by atoms with Crippen LogP contribution in [0, 0.1) is 19.7 Å². The molecule has 0 bridgehead atoms. The number of nitrogens with one attached hydrogen (secondary N) is 5. The van der Waals surface area contributed by atoms with Gasteiger partial charge in [0.05, 0.1) is 24.4 Å². The van der Waals surface area contributed by atoms with Crippen LogP contribution in [0.25, 0.3) is 22.8 Å². The minimum absolute atomic E-state index is 0.00580. The van der Waals surface area contributed by atoms with Gasteiger partial charge in [-0.15, -0.1) is 0 Å². The highest BCUT2D eigenvalue weighted by atomic mass is 19.1. The number of fused-ring (bicyclic) bond motifs is 4. The lowest BCUT2D eigenvalue weighted by Crippen LogP contribution is -2.39. The molecule has 1 atom stereocenters. The molecule has 0 saturated heterocycles. The second-order valence-corrected chi connectivity index (χ2v) is 15.4. The molecule has 1 aliphatic heterocycles. The quantitative estimate of drug-likeness (QED) is 0.0465. The van der Waals surface area contributed by atoms with Crippen molar-refractivity contribution >= 4 is 47.1 Å². The highest BCUT2D eigenvalue weighted by Crippen LogP contribution is 2.47. The highest BCUT2D eigenvalue weighted by molar-refractivity contribution is 6.35. The van der Waals surface area contributed by atoms with Gasteiger partial charge >= 0.3 is 6.09 Å². The summed E-state index contributed by atoms with van der Waals surface area (Å²) in [6, 6.07) is 15.6. The number of carbonyl (C=O) groups excluding carboxylic acids is 5. The molecule has 3 aromatic carbocycles. The van der Waals surface area contributed by atoms with Crippen molar-refractivity contribution in [3.63, 3.8) is 0 Å². The predicted molar refractivity (Wildman–Crippen MR) is 239 cm³/mol. The fourth-order valence-electron chi connectivity index (χ4n) is 8.04. The van der Waals surface area contributed by atoms with E-state index in [1.165, 1.54) is 23.1 Å². The second kappa shape index (κ2) is 21.7. The van der Waals surface area contributed by atoms with E-state index in [0.717, 1.165) is 34.2 Å². The molecule has 0 spiro atoms. The van der Waals surface area contributed by atoms with Crippen molar-refractivity contribution in [1.82, 2.24) is 25.8 Å². The number of anilines is 1. The van der Waals surface area contributed by atoms with Crippen LogP contribution in [0.2, 0.25) is 0 Å². The van der Waals surface area contributed by atoms with Crippen LogP contribution in [0.1, 0.15) is 99.5 Å². The summed E-state index contributed by atoms with van der Waals surface area (Å²) in [4.78, 5) is 70.7. The zero-order valence-electron chi connectivity index (χ0n) is 36.6. The lowest BCUT2D eigenvalue weighted by molar-refractivity contribution is -0.121. The molecule has 5 amide bonds. The molecule has 2 heterocycles. The van der Waals surface area contributed by atoms with Crippen LogP contribution in [-0.2, 0) is 30.2 Å². The van der Waals surface area contributed by atoms with E-state index >= 15 is 0 Å². The van der Waals surface area contributed by atoms with E-state index in [1.54, 1.807) is 26.0 Å². The number of rotatable bonds is 21. The molecular formula is C48H57FN6O8. The van der Waals surface area contributed by atoms with Gasteiger partial charge in [0.25, 0.3) is 17.7 Å². The van der Waals surface area contributed by atoms with Crippen molar-refractivity contribution in [3.05, 3.63) is 111 Å². The first-order valence-electron chi connectivity index (χ1n) is 21.6. The van der Waals surface area contributed by atoms with Crippen molar-refractivity contribution in [2.24, 2.45) is 0 Å². The number of H-pyrrole nitrogens is 1. The Labute approximate surface area is 367 Å². The van der Waals surface area contributed by atoms with Crippen LogP contribution in [-0.4, -0.2) is 105 Å². The number of halogens is 1. The summed E-state index contributed by atoms with van der Waals surface area (Å²) in [5.41, 5.74) is 8.21. The van der Waals surface area contributed by atoms with Gasteiger partial charge in [0, 0.05) is 86.5 Å². The van der Waals surface area contributed by atoms with Crippen LogP contribution in [0.15, 0.2) is 54.6 Å². The number of amides is 5. The number of hydrogen-bond donors (Lipinski definition) is 5. The number of hydrogen-bond acceptors (Lipinski definition) is 8. The number of aryl methyl sites for hydroxylation is 2. The number of carbonyl (C=O) groups is 5. The van der Waals surface area contributed by atoms with Gasteiger partial charge in [-0.1, -0.05) is 37.3 Å². The maximum atomic E-state index is 14.0. The summed E-state index contributed by atoms with van der Waals surface area (Å²) in [6.45, 7) is 12.7. The van der Waals surface area contributed by atoms with Crippen LogP contribution in [0.3, 0.4) is 0 Å². The zero-order valence-corrected chi connectivity index (χ0v) is 36.6. The van der Waals surface area contributed by atoms with E-state index in [4.69, 9.17) is 14.2 Å². The highest BCUT2D eigenvalue weighted by Gasteiger charge is 2.34. The summed E-state index contributed by atoms with van der Waals surface area (Å²) in [5.74, 6) is -1.89. The number of aromatic amines is 1. The predicted octanol–water partition coefficient (Wildman–Crippen LogP) is 6.51. The van der Waals surface area contributed by atoms with Crippen molar-refractivity contribution < 1.29 is 42.6 Å². The Morgan fingerprint density at radius 2 is 1.63 bits per heavy atom. The third-order valence-electron chi connectivity index (χ3n) is 11.2. The molecule has 14 nitrogen and oxygen atoms in total. The molecule has 334 valence electrons. The van der Waals surface area contributed by atoms with E-state index in [0.29, 0.717) is 91.8 Å². The van der Waals surface area contributed by atoms with Gasteiger partial charge in [-0.25, -0.2) is 9.18 Å². The number of likely N-dealkylation sites (N-methyl/N-ethyl adjacent to an activating group) is 1. The number of aromatic nitrogens is 1. The molecule has 0 saturated carbocycles. The maximum absolute atomic E-state index is 14.0. The summed E-state index contributed by atoms with van der Waals surface area (Å²) in [6.07, 6.45) is 2.71.